The Labute approximate surface area is 254 Å². The Morgan fingerprint density at radius 2 is 1.53 bits per heavy atom. The minimum Gasteiger partial charge on any atom is -0.475 e. The van der Waals surface area contributed by atoms with Gasteiger partial charge in [0.15, 0.2) is 0 Å². The summed E-state index contributed by atoms with van der Waals surface area (Å²) in [5.41, 5.74) is 8.63. The predicted molar refractivity (Wildman–Crippen MR) is 149 cm³/mol. The van der Waals surface area contributed by atoms with Gasteiger partial charge in [0, 0.05) is 18.3 Å². The summed E-state index contributed by atoms with van der Waals surface area (Å²) in [6.45, 7) is 6.04. The van der Waals surface area contributed by atoms with Gasteiger partial charge >= 0.3 is 24.3 Å². The standard InChI is InChI=1S/C24H33N5O2.2C2HF3O2/c1-4-20-19(12-17-8-6-5-7-9-17)13-21(29-20)24(31)28-16(3)23(30)26-14-18-10-11-22(25)27-15(18)2;2*3-2(4,5)1(6)7/h5-11,16,19-21,29H,4,12-14H2,1-3H3,(H2,25,27)(H,26,30)(H,28,31);2*(H,6,7)/t16-,19-,20+,21+;;/m0../s1. The fourth-order valence-corrected chi connectivity index (χ4v) is 4.22. The number of nitrogens with zero attached hydrogens (tertiary/aromatic N) is 1. The molecule has 0 bridgehead atoms. The Balaban J connectivity index is 0.000000601. The van der Waals surface area contributed by atoms with Gasteiger partial charge in [0.2, 0.25) is 11.8 Å². The molecule has 17 heteroatoms. The third-order valence-corrected chi connectivity index (χ3v) is 6.53. The van der Waals surface area contributed by atoms with Crippen LogP contribution in [0.15, 0.2) is 42.5 Å². The first-order valence-electron chi connectivity index (χ1n) is 13.5. The quantitative estimate of drug-likeness (QED) is 0.233. The number of aliphatic carboxylic acids is 2. The Morgan fingerprint density at radius 3 is 2.00 bits per heavy atom. The van der Waals surface area contributed by atoms with Crippen molar-refractivity contribution in [2.75, 3.05) is 5.73 Å². The highest BCUT2D eigenvalue weighted by Gasteiger charge is 2.39. The first kappa shape index (κ1) is 38.6. The lowest BCUT2D eigenvalue weighted by Gasteiger charge is -2.18. The Bertz CT molecular complexity index is 1270. The molecule has 250 valence electrons. The molecule has 3 rings (SSSR count). The number of pyridine rings is 1. The van der Waals surface area contributed by atoms with Gasteiger partial charge in [-0.25, -0.2) is 14.6 Å². The normalized spacial score (nSPS) is 18.3. The molecule has 0 aliphatic carbocycles. The maximum absolute atomic E-state index is 12.8. The number of carboxylic acid groups (broad SMARTS) is 2. The van der Waals surface area contributed by atoms with Crippen LogP contribution in [-0.2, 0) is 32.1 Å². The third-order valence-electron chi connectivity index (χ3n) is 6.53. The molecular weight excluding hydrogens is 616 g/mol. The Morgan fingerprint density at radius 1 is 1.00 bits per heavy atom. The summed E-state index contributed by atoms with van der Waals surface area (Å²) in [6, 6.07) is 13.3. The average Bonchev–Trinajstić information content (AvgIpc) is 3.35. The van der Waals surface area contributed by atoms with E-state index < -0.39 is 30.3 Å². The molecule has 2 heterocycles. The molecule has 1 saturated heterocycles. The summed E-state index contributed by atoms with van der Waals surface area (Å²) in [7, 11) is 0. The minimum atomic E-state index is -5.08. The number of anilines is 1. The van der Waals surface area contributed by atoms with E-state index in [9.17, 15) is 35.9 Å². The number of nitrogens with two attached hydrogens (primary N) is 1. The van der Waals surface area contributed by atoms with Crippen LogP contribution in [-0.4, -0.2) is 69.4 Å². The SMILES string of the molecule is CC[C@H]1N[C@@H](C(=O)N[C@@H](C)C(=O)NCc2ccc(N)nc2C)C[C@@H]1Cc1ccccc1.O=C(O)C(F)(F)F.O=C(O)C(F)(F)F. The summed E-state index contributed by atoms with van der Waals surface area (Å²) >= 11 is 0. The molecule has 0 spiro atoms. The van der Waals surface area contributed by atoms with Crippen LogP contribution in [0.1, 0.15) is 43.5 Å². The number of carbonyl (C=O) groups is 4. The first-order chi connectivity index (χ1) is 20.8. The number of nitrogen functional groups attached to an aromatic ring is 1. The highest BCUT2D eigenvalue weighted by Crippen LogP contribution is 2.27. The molecule has 1 aliphatic heterocycles. The highest BCUT2D eigenvalue weighted by atomic mass is 19.4. The van der Waals surface area contributed by atoms with Crippen LogP contribution in [0.2, 0.25) is 0 Å². The number of carboxylic acids is 2. The molecule has 4 atom stereocenters. The van der Waals surface area contributed by atoms with Crippen molar-refractivity contribution in [3.05, 3.63) is 59.3 Å². The second-order valence-electron chi connectivity index (χ2n) is 9.95. The monoisotopic (exact) mass is 651 g/mol. The van der Waals surface area contributed by atoms with Gasteiger partial charge in [-0.3, -0.25) is 9.59 Å². The van der Waals surface area contributed by atoms with E-state index in [0.29, 0.717) is 24.3 Å². The number of aromatic nitrogens is 1. The topological polar surface area (TPSA) is 184 Å². The maximum atomic E-state index is 12.8. The van der Waals surface area contributed by atoms with Gasteiger partial charge in [-0.05, 0) is 56.2 Å². The molecule has 7 N–H and O–H groups in total. The molecule has 0 radical (unpaired) electrons. The molecule has 1 aromatic heterocycles. The smallest absolute Gasteiger partial charge is 0.475 e. The number of carbonyl (C=O) groups excluding carboxylic acids is 2. The summed E-state index contributed by atoms with van der Waals surface area (Å²) in [4.78, 5) is 47.3. The number of nitrogens with one attached hydrogen (secondary N) is 3. The summed E-state index contributed by atoms with van der Waals surface area (Å²) < 4.78 is 63.5. The van der Waals surface area contributed by atoms with E-state index in [-0.39, 0.29) is 17.9 Å². The fraction of sp³-hybridized carbons (Fsp3) is 0.464. The van der Waals surface area contributed by atoms with E-state index in [1.165, 1.54) is 5.56 Å². The molecule has 2 aromatic rings. The number of rotatable bonds is 8. The zero-order valence-corrected chi connectivity index (χ0v) is 24.5. The molecule has 1 fully saturated rings. The second kappa shape index (κ2) is 17.2. The molecule has 11 nitrogen and oxygen atoms in total. The number of aryl methyl sites for hydroxylation is 1. The van der Waals surface area contributed by atoms with Crippen molar-refractivity contribution in [3.63, 3.8) is 0 Å². The lowest BCUT2D eigenvalue weighted by atomic mass is 9.90. The Hall–Kier alpha value is -4.41. The lowest BCUT2D eigenvalue weighted by Crippen LogP contribution is -2.50. The largest absolute Gasteiger partial charge is 0.490 e. The molecule has 45 heavy (non-hydrogen) atoms. The van der Waals surface area contributed by atoms with Gasteiger partial charge in [0.1, 0.15) is 11.9 Å². The molecular formula is C28H35F6N5O6. The van der Waals surface area contributed by atoms with Crippen molar-refractivity contribution in [1.29, 1.82) is 0 Å². The zero-order valence-electron chi connectivity index (χ0n) is 24.5. The van der Waals surface area contributed by atoms with Gasteiger partial charge < -0.3 is 31.9 Å². The summed E-state index contributed by atoms with van der Waals surface area (Å²) in [6.07, 6.45) is -7.49. The van der Waals surface area contributed by atoms with Crippen LogP contribution >= 0.6 is 0 Å². The fourth-order valence-electron chi connectivity index (χ4n) is 4.22. The van der Waals surface area contributed by atoms with Gasteiger partial charge in [-0.15, -0.1) is 0 Å². The van der Waals surface area contributed by atoms with Crippen molar-refractivity contribution in [3.8, 4) is 0 Å². The van der Waals surface area contributed by atoms with Gasteiger partial charge in [-0.2, -0.15) is 26.3 Å². The van der Waals surface area contributed by atoms with Crippen LogP contribution in [0.5, 0.6) is 0 Å². The van der Waals surface area contributed by atoms with E-state index >= 15 is 0 Å². The maximum Gasteiger partial charge on any atom is 0.490 e. The van der Waals surface area contributed by atoms with E-state index in [2.05, 4.69) is 40.0 Å². The van der Waals surface area contributed by atoms with E-state index in [4.69, 9.17) is 25.5 Å². The van der Waals surface area contributed by atoms with Crippen molar-refractivity contribution < 1.29 is 55.7 Å². The number of benzene rings is 1. The molecule has 0 unspecified atom stereocenters. The zero-order chi connectivity index (χ0) is 34.5. The molecule has 1 aromatic carbocycles. The molecule has 0 saturated carbocycles. The van der Waals surface area contributed by atoms with Crippen LogP contribution < -0.4 is 21.7 Å². The molecule has 1 aliphatic rings. The van der Waals surface area contributed by atoms with Crippen LogP contribution in [0.25, 0.3) is 0 Å². The Kier molecular flexibility index (Phi) is 14.7. The van der Waals surface area contributed by atoms with Gasteiger partial charge in [0.05, 0.1) is 6.04 Å². The van der Waals surface area contributed by atoms with E-state index in [0.717, 1.165) is 30.5 Å². The lowest BCUT2D eigenvalue weighted by molar-refractivity contribution is -0.193. The van der Waals surface area contributed by atoms with Gasteiger partial charge in [0.25, 0.3) is 0 Å². The first-order valence-corrected chi connectivity index (χ1v) is 13.5. The van der Waals surface area contributed by atoms with Gasteiger partial charge in [-0.1, -0.05) is 43.3 Å². The number of amides is 2. The molecule has 2 amide bonds. The third kappa shape index (κ3) is 13.8. The highest BCUT2D eigenvalue weighted by molar-refractivity contribution is 5.89. The average molecular weight is 652 g/mol. The number of hydrogen-bond donors (Lipinski definition) is 6. The van der Waals surface area contributed by atoms with Crippen molar-refractivity contribution >= 4 is 29.6 Å². The second-order valence-corrected chi connectivity index (χ2v) is 9.95. The van der Waals surface area contributed by atoms with Crippen LogP contribution in [0.3, 0.4) is 0 Å². The van der Waals surface area contributed by atoms with Crippen molar-refractivity contribution in [2.24, 2.45) is 5.92 Å². The number of halogens is 6. The van der Waals surface area contributed by atoms with Crippen LogP contribution in [0.4, 0.5) is 32.2 Å². The van der Waals surface area contributed by atoms with Crippen molar-refractivity contribution in [1.82, 2.24) is 20.9 Å². The minimum absolute atomic E-state index is 0.123. The summed E-state index contributed by atoms with van der Waals surface area (Å²) in [5.74, 6) is -5.01. The number of hydrogen-bond acceptors (Lipinski definition) is 7. The van der Waals surface area contributed by atoms with Crippen LogP contribution in [0, 0.1) is 12.8 Å². The van der Waals surface area contributed by atoms with E-state index in [1.807, 2.05) is 31.2 Å². The van der Waals surface area contributed by atoms with E-state index in [1.54, 1.807) is 13.0 Å². The predicted octanol–water partition coefficient (Wildman–Crippen LogP) is 3.36. The number of alkyl halides is 6. The summed E-state index contributed by atoms with van der Waals surface area (Å²) in [5, 5.41) is 23.4. The van der Waals surface area contributed by atoms with Crippen molar-refractivity contribution in [2.45, 2.75) is 77.1 Å².